The van der Waals surface area contributed by atoms with Gasteiger partial charge in [0.25, 0.3) is 0 Å². The number of hydrogen-bond acceptors (Lipinski definition) is 7. The average Bonchev–Trinajstić information content (AvgIpc) is 1.47. The van der Waals surface area contributed by atoms with Gasteiger partial charge in [0, 0.05) is 78.3 Å². The first-order valence-electron chi connectivity index (χ1n) is 48.6. The lowest BCUT2D eigenvalue weighted by Gasteiger charge is -2.29. The number of benzene rings is 21. The first-order valence-corrected chi connectivity index (χ1v) is 53.7. The van der Waals surface area contributed by atoms with Crippen molar-refractivity contribution in [1.29, 1.82) is 0 Å². The van der Waals surface area contributed by atoms with E-state index in [0.29, 0.717) is 0 Å². The highest BCUT2D eigenvalue weighted by Crippen LogP contribution is 2.55. The zero-order valence-corrected chi connectivity index (χ0v) is 80.8. The van der Waals surface area contributed by atoms with Gasteiger partial charge in [-0.05, 0) is 255 Å². The molecule has 4 aromatic heterocycles. The van der Waals surface area contributed by atoms with Gasteiger partial charge in [-0.2, -0.15) is 0 Å². The first-order chi connectivity index (χ1) is 69.8. The summed E-state index contributed by atoms with van der Waals surface area (Å²) < 4.78 is 55.4. The highest BCUT2D eigenvalue weighted by Gasteiger charge is 2.44. The van der Waals surface area contributed by atoms with Gasteiger partial charge in [-0.15, -0.1) is 0 Å². The third-order valence-corrected chi connectivity index (χ3v) is 38.3. The van der Waals surface area contributed by atoms with E-state index in [-0.39, 0.29) is 0 Å². The SMILES string of the molecule is CCc1nc2cccc3c2n1-c1cc(-c2cc(-c4ccc5ccccc5c4)cc(-c4ccc5ccccc5c4)c2)ccc1P3(=O)c1ccccc1.CCc1nc2cccc3c2n1-c1cc(-c2ccc(-c4nc5ccccc5n4-c4ccccc4)cc2)ccc1P3(=O)c1ccccc1.CCc1nc2cccc3c2n1-c1cc(-c2ccc4cc(-c5ccc6ccccc6c5)ccc4c2)ccc1P3(=O)c1ccccc1. The van der Waals surface area contributed by atoms with Crippen LogP contribution in [-0.4, -0.2) is 38.2 Å². The molecule has 0 bridgehead atoms. The summed E-state index contributed by atoms with van der Waals surface area (Å²) >= 11 is 0. The molecule has 142 heavy (non-hydrogen) atoms. The molecule has 0 radical (unpaired) electrons. The molecule has 0 aliphatic carbocycles. The maximum Gasteiger partial charge on any atom is 0.175 e. The summed E-state index contributed by atoms with van der Waals surface area (Å²) in [5, 5.41) is 17.5. The number of para-hydroxylation sites is 6. The van der Waals surface area contributed by atoms with Crippen LogP contribution in [0.1, 0.15) is 38.2 Å². The lowest BCUT2D eigenvalue weighted by Crippen LogP contribution is -2.33. The molecular weight excluding hydrogens is 1790 g/mol. The van der Waals surface area contributed by atoms with Crippen LogP contribution in [0.4, 0.5) is 0 Å². The van der Waals surface area contributed by atoms with Gasteiger partial charge in [0.15, 0.2) is 21.4 Å². The average molecular weight is 1880 g/mol. The van der Waals surface area contributed by atoms with Gasteiger partial charge >= 0.3 is 0 Å². The fourth-order valence-electron chi connectivity index (χ4n) is 22.0. The second-order valence-electron chi connectivity index (χ2n) is 37.0. The van der Waals surface area contributed by atoms with Gasteiger partial charge in [0.1, 0.15) is 23.3 Å². The molecule has 0 saturated carbocycles. The van der Waals surface area contributed by atoms with Crippen molar-refractivity contribution in [3.63, 3.8) is 0 Å². The molecule has 7 heterocycles. The topological polar surface area (TPSA) is 122 Å². The fraction of sp³-hybridized carbons (Fsp3) is 0.0469. The van der Waals surface area contributed by atoms with Crippen molar-refractivity contribution in [1.82, 2.24) is 38.2 Å². The minimum atomic E-state index is -3.20. The van der Waals surface area contributed by atoms with Gasteiger partial charge in [0.2, 0.25) is 0 Å². The van der Waals surface area contributed by atoms with E-state index in [1.807, 2.05) is 158 Å². The van der Waals surface area contributed by atoms with Crippen LogP contribution in [0.5, 0.6) is 0 Å². The number of aryl methyl sites for hydroxylation is 3. The Morgan fingerprint density at radius 2 is 0.465 bits per heavy atom. The number of hydrogen-bond donors (Lipinski definition) is 0. The van der Waals surface area contributed by atoms with E-state index in [4.69, 9.17) is 19.9 Å². The molecule has 0 N–H and O–H groups in total. The molecular formula is C128H91N8O3P3. The van der Waals surface area contributed by atoms with Crippen molar-refractivity contribution in [2.45, 2.75) is 40.0 Å². The third kappa shape index (κ3) is 14.0. The summed E-state index contributed by atoms with van der Waals surface area (Å²) in [6, 6.07) is 160. The van der Waals surface area contributed by atoms with Crippen molar-refractivity contribution in [3.8, 4) is 101 Å². The summed E-state index contributed by atoms with van der Waals surface area (Å²) in [5.74, 6) is 3.82. The van der Waals surface area contributed by atoms with Gasteiger partial charge in [-0.1, -0.05) is 336 Å². The second kappa shape index (κ2) is 34.4. The highest BCUT2D eigenvalue weighted by atomic mass is 31.2. The van der Waals surface area contributed by atoms with E-state index < -0.39 is 21.4 Å². The largest absolute Gasteiger partial charge is 0.308 e. The standard InChI is InChI=1S/C47H33N2OP.C41H29N2OP.C40H29N4OP/c1-2-46-48-42-17-10-18-45-47(42)49(46)43-30-37(23-24-44(43)51(45,50)41-15-4-3-5-16-41)40-28-38(35-21-19-31-11-6-8-13-33(31)25-35)27-39(29-40)36-22-20-32-12-7-9-14-34(32)26-36;1-2-40-42-36-13-8-14-39-41(36)43(40)37-26-34(21-22-38(37)45(39,44)35-11-4-3-5-12-35)33-20-19-31-24-30(17-18-32(31)25-33)29-16-15-27-9-6-7-10-28(27)23-29;1-2-38-41-33-17-11-19-37-39(33)44(38)35-26-29(24-25-36(35)46(37,45)31-14-7-4-8-15-31)27-20-22-28(23-21-27)40-42-32-16-9-10-18-34(32)43(40)30-12-5-3-6-13-30/h3-30H,2H2,1H3;3-26H,2H2,1H3;3-26H,2H2,1H3. The molecule has 3 atom stereocenters. The Kier molecular flexibility index (Phi) is 20.7. The maximum absolute atomic E-state index is 15.7. The molecule has 676 valence electrons. The number of nitrogens with zero attached hydrogens (tertiary/aromatic N) is 8. The van der Waals surface area contributed by atoms with E-state index in [9.17, 15) is 0 Å². The molecule has 3 aliphatic rings. The molecule has 25 aromatic rings. The number of fused-ring (bicyclic) bond motifs is 11. The first kappa shape index (κ1) is 85.6. The van der Waals surface area contributed by atoms with Crippen LogP contribution in [0.2, 0.25) is 0 Å². The Hall–Kier alpha value is -16.8. The number of rotatable bonds is 14. The zero-order chi connectivity index (χ0) is 95.1. The Labute approximate surface area is 821 Å². The van der Waals surface area contributed by atoms with Crippen LogP contribution in [0.15, 0.2) is 461 Å². The molecule has 0 saturated heterocycles. The zero-order valence-electron chi connectivity index (χ0n) is 78.1. The van der Waals surface area contributed by atoms with E-state index in [0.717, 1.165) is 207 Å². The molecule has 3 aliphatic heterocycles. The van der Waals surface area contributed by atoms with Gasteiger partial charge in [0.05, 0.1) is 61.2 Å². The highest BCUT2D eigenvalue weighted by molar-refractivity contribution is 7.87. The lowest BCUT2D eigenvalue weighted by molar-refractivity contribution is 0.591. The maximum atomic E-state index is 15.7. The fourth-order valence-corrected chi connectivity index (χ4v) is 31.0. The van der Waals surface area contributed by atoms with Crippen LogP contribution < -0.4 is 47.7 Å². The van der Waals surface area contributed by atoms with Crippen LogP contribution >= 0.6 is 21.4 Å². The van der Waals surface area contributed by atoms with Crippen LogP contribution in [0.25, 0.3) is 188 Å². The Morgan fingerprint density at radius 1 is 0.197 bits per heavy atom. The van der Waals surface area contributed by atoms with Crippen molar-refractivity contribution in [2.75, 3.05) is 0 Å². The van der Waals surface area contributed by atoms with E-state index in [2.05, 4.69) is 342 Å². The third-order valence-electron chi connectivity index (χ3n) is 28.9. The molecule has 14 heteroatoms. The number of aromatic nitrogens is 8. The summed E-state index contributed by atoms with van der Waals surface area (Å²) in [5.41, 5.74) is 26.1. The molecule has 28 rings (SSSR count). The Balaban J connectivity index is 0.000000109. The lowest BCUT2D eigenvalue weighted by atomic mass is 9.91. The quantitative estimate of drug-likeness (QED) is 0.0994. The minimum absolute atomic E-state index is 0.761. The van der Waals surface area contributed by atoms with Gasteiger partial charge in [-0.3, -0.25) is 18.3 Å². The second-order valence-corrected chi connectivity index (χ2v) is 45.1. The minimum Gasteiger partial charge on any atom is -0.308 e. The monoisotopic (exact) mass is 1880 g/mol. The van der Waals surface area contributed by atoms with Gasteiger partial charge in [-0.25, -0.2) is 19.9 Å². The molecule has 11 nitrogen and oxygen atoms in total. The predicted molar refractivity (Wildman–Crippen MR) is 593 cm³/mol. The summed E-state index contributed by atoms with van der Waals surface area (Å²) in [6.07, 6.45) is 2.31. The molecule has 21 aromatic carbocycles. The van der Waals surface area contributed by atoms with Crippen molar-refractivity contribution in [3.05, 3.63) is 479 Å². The Bertz CT molecular complexity index is 9520. The van der Waals surface area contributed by atoms with Gasteiger partial charge < -0.3 is 13.7 Å². The van der Waals surface area contributed by atoms with Crippen molar-refractivity contribution < 1.29 is 13.7 Å². The predicted octanol–water partition coefficient (Wildman–Crippen LogP) is 28.2. The molecule has 0 fully saturated rings. The van der Waals surface area contributed by atoms with E-state index in [1.165, 1.54) is 65.3 Å². The smallest absolute Gasteiger partial charge is 0.175 e. The van der Waals surface area contributed by atoms with E-state index >= 15 is 13.7 Å². The molecule has 0 amide bonds. The summed E-state index contributed by atoms with van der Waals surface area (Å²) in [6.45, 7) is 6.40. The van der Waals surface area contributed by atoms with Crippen molar-refractivity contribution in [2.24, 2.45) is 0 Å². The Morgan fingerprint density at radius 3 is 0.831 bits per heavy atom. The van der Waals surface area contributed by atoms with Crippen molar-refractivity contribution >= 4 is 156 Å². The van der Waals surface area contributed by atoms with E-state index in [1.54, 1.807) is 0 Å². The molecule has 3 unspecified atom stereocenters. The van der Waals surface area contributed by atoms with Crippen LogP contribution in [0, 0.1) is 0 Å². The number of imidazole rings is 4. The summed E-state index contributed by atoms with van der Waals surface area (Å²) in [4.78, 5) is 20.1. The van der Waals surface area contributed by atoms with Crippen LogP contribution in [-0.2, 0) is 33.0 Å². The van der Waals surface area contributed by atoms with Crippen LogP contribution in [0.3, 0.4) is 0 Å². The normalized spacial score (nSPS) is 15.3. The summed E-state index contributed by atoms with van der Waals surface area (Å²) in [7, 11) is -9.46. The molecule has 0 spiro atoms.